The fourth-order valence-corrected chi connectivity index (χ4v) is 10.0. The summed E-state index contributed by atoms with van der Waals surface area (Å²) in [6.45, 7) is 17.2. The lowest BCUT2D eigenvalue weighted by atomic mass is 10.1. The van der Waals surface area contributed by atoms with Gasteiger partial charge >= 0.3 is 5.97 Å². The summed E-state index contributed by atoms with van der Waals surface area (Å²) in [6.07, 6.45) is 8.33. The second kappa shape index (κ2) is 17.2. The quantitative estimate of drug-likeness (QED) is 0.124. The standard InChI is InChI=1S/C37H50O4Si2/c1-31(2)40-36(39)29-19-22-32(38)21-13-9-10-14-23-33(24-20-30-42(6,7)8)41-43(37(3,4)5,34-25-15-11-16-26-34)35-27-17-12-18-28-35/h9-12,14-18,23,25-28,31-33,38H,19,22,24,29H2,1-8H3/b10-9+,23-14+/t32-,33+/m1/s1. The molecule has 0 aliphatic heterocycles. The molecule has 0 spiro atoms. The third-order valence-electron chi connectivity index (χ3n) is 6.60. The van der Waals surface area contributed by atoms with Crippen LogP contribution in [-0.2, 0) is 14.0 Å². The molecule has 230 valence electrons. The first-order valence-corrected chi connectivity index (χ1v) is 20.7. The van der Waals surface area contributed by atoms with E-state index in [-0.39, 0.29) is 29.6 Å². The summed E-state index contributed by atoms with van der Waals surface area (Å²) < 4.78 is 12.5. The molecular formula is C37H50O4Si2. The van der Waals surface area contributed by atoms with Crippen molar-refractivity contribution in [1.29, 1.82) is 0 Å². The van der Waals surface area contributed by atoms with E-state index in [0.717, 1.165) is 0 Å². The highest BCUT2D eigenvalue weighted by atomic mass is 28.4. The molecule has 0 saturated heterocycles. The van der Waals surface area contributed by atoms with E-state index in [4.69, 9.17) is 9.16 Å². The van der Waals surface area contributed by atoms with Gasteiger partial charge in [0.15, 0.2) is 0 Å². The number of esters is 1. The van der Waals surface area contributed by atoms with Crippen LogP contribution in [0.15, 0.2) is 85.0 Å². The molecule has 0 heterocycles. The van der Waals surface area contributed by atoms with Crippen molar-refractivity contribution in [2.75, 3.05) is 0 Å². The van der Waals surface area contributed by atoms with Gasteiger partial charge in [0.25, 0.3) is 8.32 Å². The van der Waals surface area contributed by atoms with Crippen LogP contribution in [0.25, 0.3) is 0 Å². The summed E-state index contributed by atoms with van der Waals surface area (Å²) in [5.74, 6) is 8.94. The average molecular weight is 615 g/mol. The average Bonchev–Trinajstić information content (AvgIpc) is 2.92. The summed E-state index contributed by atoms with van der Waals surface area (Å²) in [7, 11) is -4.30. The summed E-state index contributed by atoms with van der Waals surface area (Å²) in [5, 5.41) is 12.5. The van der Waals surface area contributed by atoms with Gasteiger partial charge in [-0.25, -0.2) is 0 Å². The van der Waals surface area contributed by atoms with Crippen LogP contribution in [0.1, 0.15) is 60.3 Å². The summed E-state index contributed by atoms with van der Waals surface area (Å²) in [6, 6.07) is 21.3. The molecule has 0 bridgehead atoms. The van der Waals surface area contributed by atoms with E-state index in [1.807, 2.05) is 26.0 Å². The molecule has 2 aromatic rings. The normalized spacial score (nSPS) is 13.7. The second-order valence-corrected chi connectivity index (χ2v) is 22.1. The molecule has 0 amide bonds. The van der Waals surface area contributed by atoms with E-state index in [1.54, 1.807) is 6.08 Å². The molecule has 2 aromatic carbocycles. The fraction of sp³-hybridized carbons (Fsp3) is 0.432. The van der Waals surface area contributed by atoms with Crippen molar-refractivity contribution < 1.29 is 19.1 Å². The van der Waals surface area contributed by atoms with Crippen molar-refractivity contribution in [2.24, 2.45) is 0 Å². The maximum atomic E-state index is 11.7. The topological polar surface area (TPSA) is 55.8 Å². The Morgan fingerprint density at radius 3 is 2.05 bits per heavy atom. The molecule has 1 N–H and O–H groups in total. The largest absolute Gasteiger partial charge is 0.463 e. The number of allylic oxidation sites excluding steroid dienone is 3. The molecule has 2 rings (SSSR count). The zero-order valence-corrected chi connectivity index (χ0v) is 29.3. The van der Waals surface area contributed by atoms with Crippen LogP contribution in [0.5, 0.6) is 0 Å². The number of hydrogen-bond acceptors (Lipinski definition) is 4. The summed E-state index contributed by atoms with van der Waals surface area (Å²) >= 11 is 0. The predicted octanol–water partition coefficient (Wildman–Crippen LogP) is 6.80. The minimum atomic E-state index is -2.75. The number of benzene rings is 2. The van der Waals surface area contributed by atoms with E-state index in [2.05, 4.69) is 130 Å². The van der Waals surface area contributed by atoms with E-state index < -0.39 is 22.5 Å². The van der Waals surface area contributed by atoms with Gasteiger partial charge in [-0.05, 0) is 48.2 Å². The molecule has 0 saturated carbocycles. The van der Waals surface area contributed by atoms with Gasteiger partial charge in [0.2, 0.25) is 0 Å². The number of aliphatic hydroxyl groups excluding tert-OH is 1. The van der Waals surface area contributed by atoms with Gasteiger partial charge in [-0.2, -0.15) is 0 Å². The third-order valence-corrected chi connectivity index (χ3v) is 12.6. The van der Waals surface area contributed by atoms with Gasteiger partial charge in [0.05, 0.1) is 12.2 Å². The Balaban J connectivity index is 2.30. The molecule has 4 nitrogen and oxygen atoms in total. The smallest absolute Gasteiger partial charge is 0.306 e. The lowest BCUT2D eigenvalue weighted by Crippen LogP contribution is -2.67. The Labute approximate surface area is 262 Å². The van der Waals surface area contributed by atoms with Crippen LogP contribution in [0.4, 0.5) is 0 Å². The lowest BCUT2D eigenvalue weighted by molar-refractivity contribution is -0.147. The maximum Gasteiger partial charge on any atom is 0.306 e. The Morgan fingerprint density at radius 2 is 1.53 bits per heavy atom. The Kier molecular flexibility index (Phi) is 14.4. The van der Waals surface area contributed by atoms with Crippen molar-refractivity contribution in [3.63, 3.8) is 0 Å². The van der Waals surface area contributed by atoms with Crippen LogP contribution in [-0.4, -0.2) is 45.8 Å². The van der Waals surface area contributed by atoms with Crippen LogP contribution < -0.4 is 10.4 Å². The minimum Gasteiger partial charge on any atom is -0.463 e. The van der Waals surface area contributed by atoms with Gasteiger partial charge in [-0.3, -0.25) is 4.79 Å². The van der Waals surface area contributed by atoms with Gasteiger partial charge in [-0.15, -0.1) is 11.5 Å². The van der Waals surface area contributed by atoms with Crippen LogP contribution in [0.2, 0.25) is 24.7 Å². The zero-order valence-electron chi connectivity index (χ0n) is 27.3. The number of hydrogen-bond donors (Lipinski definition) is 1. The van der Waals surface area contributed by atoms with Crippen molar-refractivity contribution in [3.05, 3.63) is 85.0 Å². The highest BCUT2D eigenvalue weighted by Crippen LogP contribution is 2.38. The molecular weight excluding hydrogens is 565 g/mol. The molecule has 0 radical (unpaired) electrons. The van der Waals surface area contributed by atoms with Crippen LogP contribution in [0, 0.1) is 23.3 Å². The maximum absolute atomic E-state index is 11.7. The second-order valence-electron chi connectivity index (χ2n) is 13.1. The number of aliphatic hydroxyl groups is 1. The molecule has 6 heteroatoms. The number of carbonyl (C=O) groups excluding carboxylic acids is 1. The highest BCUT2D eigenvalue weighted by molar-refractivity contribution is 6.99. The third kappa shape index (κ3) is 12.6. The van der Waals surface area contributed by atoms with E-state index in [9.17, 15) is 9.90 Å². The number of carbonyl (C=O) groups is 1. The minimum absolute atomic E-state index is 0.128. The van der Waals surface area contributed by atoms with Gasteiger partial charge in [-0.1, -0.05) is 131 Å². The molecule has 43 heavy (non-hydrogen) atoms. The van der Waals surface area contributed by atoms with Crippen molar-refractivity contribution in [1.82, 2.24) is 0 Å². The van der Waals surface area contributed by atoms with Crippen molar-refractivity contribution in [3.8, 4) is 23.3 Å². The van der Waals surface area contributed by atoms with Crippen molar-refractivity contribution in [2.45, 2.75) is 103 Å². The zero-order chi connectivity index (χ0) is 31.9. The SMILES string of the molecule is CC(C)OC(=O)CCC[C@H](O)C#C/C=C/C=C/[C@@H](CC#C[Si](C)(C)C)O[Si](c1ccccc1)(c1ccccc1)C(C)(C)C. The predicted molar refractivity (Wildman–Crippen MR) is 185 cm³/mol. The Hall–Kier alpha value is -3.14. The van der Waals surface area contributed by atoms with E-state index in [0.29, 0.717) is 19.3 Å². The lowest BCUT2D eigenvalue weighted by Gasteiger charge is -2.44. The monoisotopic (exact) mass is 614 g/mol. The molecule has 2 atom stereocenters. The van der Waals surface area contributed by atoms with Gasteiger partial charge in [0, 0.05) is 12.8 Å². The first-order valence-electron chi connectivity index (χ1n) is 15.3. The molecule has 0 aromatic heterocycles. The highest BCUT2D eigenvalue weighted by Gasteiger charge is 2.51. The summed E-state index contributed by atoms with van der Waals surface area (Å²) in [4.78, 5) is 11.7. The van der Waals surface area contributed by atoms with Gasteiger partial charge in [0.1, 0.15) is 14.2 Å². The van der Waals surface area contributed by atoms with E-state index >= 15 is 0 Å². The molecule has 0 aliphatic carbocycles. The Bertz CT molecular complexity index is 1270. The number of rotatable bonds is 12. The fourth-order valence-electron chi connectivity index (χ4n) is 4.75. The number of ether oxygens (including phenoxy) is 1. The first-order chi connectivity index (χ1) is 20.2. The van der Waals surface area contributed by atoms with Gasteiger partial charge < -0.3 is 14.3 Å². The summed E-state index contributed by atoms with van der Waals surface area (Å²) in [5.41, 5.74) is 3.51. The first kappa shape index (κ1) is 36.1. The van der Waals surface area contributed by atoms with E-state index in [1.165, 1.54) is 10.4 Å². The Morgan fingerprint density at radius 1 is 0.953 bits per heavy atom. The molecule has 0 aliphatic rings. The van der Waals surface area contributed by atoms with Crippen LogP contribution in [0.3, 0.4) is 0 Å². The van der Waals surface area contributed by atoms with Crippen LogP contribution >= 0.6 is 0 Å². The molecule has 0 fully saturated rings. The molecule has 0 unspecified atom stereocenters. The van der Waals surface area contributed by atoms with Crippen molar-refractivity contribution >= 4 is 32.7 Å².